The third kappa shape index (κ3) is 4.81. The molecule has 7 nitrogen and oxygen atoms in total. The lowest BCUT2D eigenvalue weighted by atomic mass is 9.93. The molecule has 34 heavy (non-hydrogen) atoms. The lowest BCUT2D eigenvalue weighted by molar-refractivity contribution is -0.385. The Morgan fingerprint density at radius 1 is 1.15 bits per heavy atom. The molecule has 0 aliphatic carbocycles. The fraction of sp³-hybridized carbons (Fsp3) is 0.154. The Balaban J connectivity index is 1.74. The molecule has 0 fully saturated rings. The van der Waals surface area contributed by atoms with Gasteiger partial charge in [0.05, 0.1) is 40.7 Å². The summed E-state index contributed by atoms with van der Waals surface area (Å²) in [7, 11) is 1.51. The number of aryl methyl sites for hydroxylation is 1. The van der Waals surface area contributed by atoms with Crippen LogP contribution < -0.4 is 4.74 Å². The van der Waals surface area contributed by atoms with Crippen LogP contribution in [0, 0.1) is 28.4 Å². The third-order valence-corrected chi connectivity index (χ3v) is 6.31. The molecule has 0 saturated carbocycles. The van der Waals surface area contributed by atoms with Crippen LogP contribution in [0.1, 0.15) is 33.2 Å². The second-order valence-corrected chi connectivity index (χ2v) is 8.50. The van der Waals surface area contributed by atoms with E-state index in [2.05, 4.69) is 11.1 Å². The Kier molecular flexibility index (Phi) is 6.97. The van der Waals surface area contributed by atoms with E-state index in [4.69, 9.17) is 9.47 Å². The molecule has 0 bridgehead atoms. The normalized spacial score (nSPS) is 11.6. The number of aromatic nitrogens is 1. The van der Waals surface area contributed by atoms with Crippen LogP contribution in [0.15, 0.2) is 72.4 Å². The number of non-ortho nitro benzene ring substituents is 1. The molecule has 4 aromatic rings. The van der Waals surface area contributed by atoms with E-state index in [1.54, 1.807) is 23.8 Å². The maximum Gasteiger partial charge on any atom is 0.270 e. The molecule has 0 N–H and O–H groups in total. The van der Waals surface area contributed by atoms with Crippen molar-refractivity contribution in [3.8, 4) is 22.9 Å². The lowest BCUT2D eigenvalue weighted by Gasteiger charge is -2.19. The van der Waals surface area contributed by atoms with Crippen molar-refractivity contribution in [1.29, 1.82) is 5.26 Å². The first-order valence-electron chi connectivity index (χ1n) is 10.4. The van der Waals surface area contributed by atoms with E-state index in [-0.39, 0.29) is 12.3 Å². The zero-order chi connectivity index (χ0) is 24.1. The Morgan fingerprint density at radius 3 is 2.65 bits per heavy atom. The lowest BCUT2D eigenvalue weighted by Crippen LogP contribution is -2.07. The van der Waals surface area contributed by atoms with Gasteiger partial charge >= 0.3 is 0 Å². The molecule has 0 aliphatic rings. The molecule has 1 heterocycles. The zero-order valence-corrected chi connectivity index (χ0v) is 19.4. The summed E-state index contributed by atoms with van der Waals surface area (Å²) in [6.45, 7) is 2.10. The van der Waals surface area contributed by atoms with Gasteiger partial charge in [-0.25, -0.2) is 0 Å². The Bertz CT molecular complexity index is 1360. The SMILES string of the molecule is COc1ccc([N+](=O)[O-])cc1COC(c1ccc(C#N)c(-c2ccccc2C)c1)c1cncs1. The third-order valence-electron chi connectivity index (χ3n) is 5.49. The van der Waals surface area contributed by atoms with Crippen LogP contribution in [0.2, 0.25) is 0 Å². The van der Waals surface area contributed by atoms with Crippen molar-refractivity contribution < 1.29 is 14.4 Å². The topological polar surface area (TPSA) is 98.3 Å². The van der Waals surface area contributed by atoms with E-state index >= 15 is 0 Å². The van der Waals surface area contributed by atoms with Crippen molar-refractivity contribution in [2.24, 2.45) is 0 Å². The van der Waals surface area contributed by atoms with Crippen molar-refractivity contribution >= 4 is 17.0 Å². The number of thiazole rings is 1. The maximum atomic E-state index is 11.3. The van der Waals surface area contributed by atoms with Gasteiger partial charge in [-0.05, 0) is 41.8 Å². The summed E-state index contributed by atoms with van der Waals surface area (Å²) in [5.41, 5.74) is 6.55. The van der Waals surface area contributed by atoms with Crippen molar-refractivity contribution in [1.82, 2.24) is 4.98 Å². The number of nitro groups is 1. The molecule has 0 spiro atoms. The summed E-state index contributed by atoms with van der Waals surface area (Å²) in [6.07, 6.45) is 1.26. The van der Waals surface area contributed by atoms with Gasteiger partial charge in [0.1, 0.15) is 11.9 Å². The molecule has 0 radical (unpaired) electrons. The van der Waals surface area contributed by atoms with Gasteiger partial charge in [-0.15, -0.1) is 11.3 Å². The van der Waals surface area contributed by atoms with Crippen molar-refractivity contribution in [2.75, 3.05) is 7.11 Å². The quantitative estimate of drug-likeness (QED) is 0.224. The molecule has 1 unspecified atom stereocenters. The number of nitrogens with zero attached hydrogens (tertiary/aromatic N) is 3. The van der Waals surface area contributed by atoms with Gasteiger partial charge < -0.3 is 9.47 Å². The molecule has 170 valence electrons. The minimum absolute atomic E-state index is 0.0334. The molecular formula is C26H21N3O4S. The molecule has 4 rings (SSSR count). The highest BCUT2D eigenvalue weighted by Gasteiger charge is 2.21. The average Bonchev–Trinajstić information content (AvgIpc) is 3.39. The number of methoxy groups -OCH3 is 1. The van der Waals surface area contributed by atoms with Crippen LogP contribution in [0.4, 0.5) is 5.69 Å². The largest absolute Gasteiger partial charge is 0.496 e. The average molecular weight is 472 g/mol. The Labute approximate surface area is 201 Å². The molecule has 0 amide bonds. The van der Waals surface area contributed by atoms with Gasteiger partial charge in [0.15, 0.2) is 0 Å². The first-order chi connectivity index (χ1) is 16.5. The van der Waals surface area contributed by atoms with Crippen molar-refractivity contribution in [3.63, 3.8) is 0 Å². The molecular weight excluding hydrogens is 450 g/mol. The summed E-state index contributed by atoms with van der Waals surface area (Å²) >= 11 is 1.45. The van der Waals surface area contributed by atoms with E-state index in [0.717, 1.165) is 27.1 Å². The summed E-state index contributed by atoms with van der Waals surface area (Å²) in [5.74, 6) is 0.508. The van der Waals surface area contributed by atoms with Crippen molar-refractivity contribution in [2.45, 2.75) is 19.6 Å². The molecule has 0 aliphatic heterocycles. The highest BCUT2D eigenvalue weighted by molar-refractivity contribution is 7.09. The summed E-state index contributed by atoms with van der Waals surface area (Å²) in [4.78, 5) is 15.9. The number of rotatable bonds is 8. The molecule has 1 atom stereocenters. The fourth-order valence-electron chi connectivity index (χ4n) is 3.78. The van der Waals surface area contributed by atoms with Crippen LogP contribution >= 0.6 is 11.3 Å². The monoisotopic (exact) mass is 471 g/mol. The van der Waals surface area contributed by atoms with Gasteiger partial charge in [0.25, 0.3) is 5.69 Å². The zero-order valence-electron chi connectivity index (χ0n) is 18.6. The second-order valence-electron chi connectivity index (χ2n) is 7.58. The maximum absolute atomic E-state index is 11.3. The number of hydrogen-bond donors (Lipinski definition) is 0. The second kappa shape index (κ2) is 10.3. The Hall–Kier alpha value is -4.06. The molecule has 3 aromatic carbocycles. The van der Waals surface area contributed by atoms with Crippen LogP contribution in [0.25, 0.3) is 11.1 Å². The highest BCUT2D eigenvalue weighted by Crippen LogP contribution is 2.36. The predicted molar refractivity (Wildman–Crippen MR) is 130 cm³/mol. The molecule has 0 saturated heterocycles. The fourth-order valence-corrected chi connectivity index (χ4v) is 4.48. The van der Waals surface area contributed by atoms with Crippen molar-refractivity contribution in [3.05, 3.63) is 110 Å². The summed E-state index contributed by atoms with van der Waals surface area (Å²) < 4.78 is 11.7. The minimum atomic E-state index is -0.480. The van der Waals surface area contributed by atoms with Crippen LogP contribution in [0.3, 0.4) is 0 Å². The minimum Gasteiger partial charge on any atom is -0.496 e. The molecule has 1 aromatic heterocycles. The van der Waals surface area contributed by atoms with E-state index in [9.17, 15) is 15.4 Å². The van der Waals surface area contributed by atoms with Gasteiger partial charge in [-0.2, -0.15) is 5.26 Å². The number of ether oxygens (including phenoxy) is 2. The van der Waals surface area contributed by atoms with E-state index < -0.39 is 11.0 Å². The predicted octanol–water partition coefficient (Wildman–Crippen LogP) is 6.21. The van der Waals surface area contributed by atoms with Gasteiger partial charge in [0.2, 0.25) is 0 Å². The van der Waals surface area contributed by atoms with E-state index in [1.165, 1.54) is 30.6 Å². The first-order valence-corrected chi connectivity index (χ1v) is 11.3. The first kappa shape index (κ1) is 23.1. The summed E-state index contributed by atoms with van der Waals surface area (Å²) in [6, 6.07) is 20.2. The van der Waals surface area contributed by atoms with Crippen LogP contribution in [-0.4, -0.2) is 17.0 Å². The van der Waals surface area contributed by atoms with Gasteiger partial charge in [-0.1, -0.05) is 30.3 Å². The smallest absolute Gasteiger partial charge is 0.270 e. The number of hydrogen-bond acceptors (Lipinski definition) is 7. The van der Waals surface area contributed by atoms with Crippen LogP contribution in [-0.2, 0) is 11.3 Å². The molecule has 8 heteroatoms. The van der Waals surface area contributed by atoms with E-state index in [1.807, 2.05) is 43.3 Å². The highest BCUT2D eigenvalue weighted by atomic mass is 32.1. The van der Waals surface area contributed by atoms with E-state index in [0.29, 0.717) is 16.9 Å². The number of nitriles is 1. The summed E-state index contributed by atoms with van der Waals surface area (Å²) in [5, 5.41) is 21.0. The standard InChI is InChI=1S/C26H21N3O4S/c1-17-5-3-4-6-22(17)23-12-18(7-8-19(23)13-27)26(25-14-28-16-34-25)33-15-20-11-21(29(30)31)9-10-24(20)32-2/h3-12,14,16,26H,15H2,1-2H3. The number of benzene rings is 3. The van der Waals surface area contributed by atoms with Gasteiger partial charge in [0, 0.05) is 29.5 Å². The number of nitro benzene ring substituents is 1. The van der Waals surface area contributed by atoms with Gasteiger partial charge in [-0.3, -0.25) is 15.1 Å². The Morgan fingerprint density at radius 2 is 1.97 bits per heavy atom. The van der Waals surface area contributed by atoms with Crippen LogP contribution in [0.5, 0.6) is 5.75 Å².